The van der Waals surface area contributed by atoms with Crippen LogP contribution in [0.2, 0.25) is 0 Å². The van der Waals surface area contributed by atoms with Gasteiger partial charge in [-0.05, 0) is 24.8 Å². The van der Waals surface area contributed by atoms with E-state index in [0.29, 0.717) is 66.0 Å². The van der Waals surface area contributed by atoms with E-state index in [-0.39, 0.29) is 5.92 Å². The standard InChI is InChI=1S/C18H22N4O6S/c1-26-14-7-12-13(8-15(14)27-2)20-9-16-17(12)22(18(23)28-16)10-11-3-5-21(6-4-11)29(19,24)25/h7-9,11H,3-6,10H2,1-2H3,(H2,19,24,25). The van der Waals surface area contributed by atoms with Gasteiger partial charge in [-0.25, -0.2) is 9.93 Å². The molecule has 1 saturated heterocycles. The second-order valence-corrected chi connectivity index (χ2v) is 8.61. The number of ether oxygens (including phenoxy) is 2. The van der Waals surface area contributed by atoms with Gasteiger partial charge in [0.1, 0.15) is 5.52 Å². The van der Waals surface area contributed by atoms with Crippen molar-refractivity contribution in [2.75, 3.05) is 27.3 Å². The third kappa shape index (κ3) is 3.56. The molecule has 3 heterocycles. The van der Waals surface area contributed by atoms with Crippen LogP contribution in [0.3, 0.4) is 0 Å². The van der Waals surface area contributed by atoms with Gasteiger partial charge in [-0.15, -0.1) is 0 Å². The molecule has 0 unspecified atom stereocenters. The second kappa shape index (κ2) is 7.32. The van der Waals surface area contributed by atoms with Crippen molar-refractivity contribution in [3.8, 4) is 11.5 Å². The van der Waals surface area contributed by atoms with Crippen molar-refractivity contribution in [3.63, 3.8) is 0 Å². The maximum Gasteiger partial charge on any atom is 0.420 e. The van der Waals surface area contributed by atoms with E-state index in [2.05, 4.69) is 4.98 Å². The van der Waals surface area contributed by atoms with Crippen molar-refractivity contribution in [1.82, 2.24) is 13.9 Å². The van der Waals surface area contributed by atoms with E-state index in [1.807, 2.05) is 0 Å². The predicted octanol–water partition coefficient (Wildman–Crippen LogP) is 1.08. The highest BCUT2D eigenvalue weighted by atomic mass is 32.2. The van der Waals surface area contributed by atoms with Crippen LogP contribution in [-0.2, 0) is 16.8 Å². The zero-order valence-corrected chi connectivity index (χ0v) is 16.9. The lowest BCUT2D eigenvalue weighted by molar-refractivity contribution is 0.250. The van der Waals surface area contributed by atoms with E-state index < -0.39 is 16.0 Å². The number of hydrogen-bond acceptors (Lipinski definition) is 7. The largest absolute Gasteiger partial charge is 0.493 e. The van der Waals surface area contributed by atoms with Crippen molar-refractivity contribution in [1.29, 1.82) is 0 Å². The third-order valence-corrected chi connectivity index (χ3v) is 6.46. The Kier molecular flexibility index (Phi) is 4.97. The molecule has 0 radical (unpaired) electrons. The molecule has 3 aromatic rings. The number of aromatic nitrogens is 2. The van der Waals surface area contributed by atoms with Crippen LogP contribution in [-0.4, -0.2) is 49.6 Å². The van der Waals surface area contributed by atoms with Gasteiger partial charge in [0, 0.05) is 31.1 Å². The smallest absolute Gasteiger partial charge is 0.420 e. The van der Waals surface area contributed by atoms with Crippen LogP contribution in [0.15, 0.2) is 27.5 Å². The Morgan fingerprint density at radius 2 is 1.86 bits per heavy atom. The van der Waals surface area contributed by atoms with Crippen LogP contribution in [0.1, 0.15) is 12.8 Å². The molecule has 1 fully saturated rings. The van der Waals surface area contributed by atoms with E-state index in [1.165, 1.54) is 10.5 Å². The quantitative estimate of drug-likeness (QED) is 0.651. The molecular formula is C18H22N4O6S. The Bertz CT molecular complexity index is 1220. The molecule has 29 heavy (non-hydrogen) atoms. The number of oxazole rings is 1. The highest BCUT2D eigenvalue weighted by Gasteiger charge is 2.27. The normalized spacial score (nSPS) is 16.5. The van der Waals surface area contributed by atoms with Gasteiger partial charge in [0.15, 0.2) is 17.1 Å². The van der Waals surface area contributed by atoms with E-state index >= 15 is 0 Å². The minimum Gasteiger partial charge on any atom is -0.493 e. The molecule has 1 aliphatic rings. The minimum absolute atomic E-state index is 0.120. The average molecular weight is 422 g/mol. The summed E-state index contributed by atoms with van der Waals surface area (Å²) in [4.78, 5) is 16.9. The van der Waals surface area contributed by atoms with E-state index in [4.69, 9.17) is 19.0 Å². The van der Waals surface area contributed by atoms with Crippen LogP contribution < -0.4 is 20.4 Å². The molecule has 1 aromatic carbocycles. The summed E-state index contributed by atoms with van der Waals surface area (Å²) < 4.78 is 42.0. The molecule has 0 bridgehead atoms. The molecule has 2 aromatic heterocycles. The lowest BCUT2D eigenvalue weighted by Gasteiger charge is -2.29. The Morgan fingerprint density at radius 1 is 1.21 bits per heavy atom. The average Bonchev–Trinajstić information content (AvgIpc) is 3.02. The number of fused-ring (bicyclic) bond motifs is 3. The monoisotopic (exact) mass is 422 g/mol. The summed E-state index contributed by atoms with van der Waals surface area (Å²) in [6.07, 6.45) is 2.73. The SMILES string of the molecule is COc1cc2ncc3oc(=O)n(CC4CCN(S(N)(=O)=O)CC4)c3c2cc1OC. The first-order valence-electron chi connectivity index (χ1n) is 9.13. The Hall–Kier alpha value is -2.63. The van der Waals surface area contributed by atoms with Crippen LogP contribution in [0.5, 0.6) is 11.5 Å². The van der Waals surface area contributed by atoms with Crippen molar-refractivity contribution in [2.24, 2.45) is 11.1 Å². The first kappa shape index (κ1) is 19.7. The molecule has 0 aliphatic carbocycles. The first-order valence-corrected chi connectivity index (χ1v) is 10.6. The fourth-order valence-corrected chi connectivity index (χ4v) is 4.57. The molecule has 2 N–H and O–H groups in total. The van der Waals surface area contributed by atoms with Gasteiger partial charge in [0.25, 0.3) is 10.2 Å². The number of methoxy groups -OCH3 is 2. The molecule has 10 nitrogen and oxygen atoms in total. The number of hydrogen-bond donors (Lipinski definition) is 1. The zero-order valence-electron chi connectivity index (χ0n) is 16.1. The number of rotatable bonds is 5. The Labute approximate surface area is 167 Å². The van der Waals surface area contributed by atoms with Crippen LogP contribution in [0.4, 0.5) is 0 Å². The third-order valence-electron chi connectivity index (χ3n) is 5.37. The van der Waals surface area contributed by atoms with Crippen molar-refractivity contribution >= 4 is 32.2 Å². The zero-order chi connectivity index (χ0) is 20.8. The van der Waals surface area contributed by atoms with Crippen LogP contribution >= 0.6 is 0 Å². The van der Waals surface area contributed by atoms with Gasteiger partial charge < -0.3 is 13.9 Å². The summed E-state index contributed by atoms with van der Waals surface area (Å²) in [7, 11) is -0.599. The minimum atomic E-state index is -3.69. The second-order valence-electron chi connectivity index (χ2n) is 7.06. The lowest BCUT2D eigenvalue weighted by atomic mass is 9.98. The summed E-state index contributed by atoms with van der Waals surface area (Å²) in [5.41, 5.74) is 1.67. The van der Waals surface area contributed by atoms with Crippen LogP contribution in [0.25, 0.3) is 22.0 Å². The van der Waals surface area contributed by atoms with Crippen LogP contribution in [0, 0.1) is 5.92 Å². The maximum atomic E-state index is 12.5. The van der Waals surface area contributed by atoms with Gasteiger partial charge in [-0.2, -0.15) is 12.7 Å². The molecule has 0 amide bonds. The summed E-state index contributed by atoms with van der Waals surface area (Å²) >= 11 is 0. The van der Waals surface area contributed by atoms with Crippen molar-refractivity contribution in [3.05, 3.63) is 28.9 Å². The van der Waals surface area contributed by atoms with Crippen molar-refractivity contribution < 1.29 is 22.3 Å². The fraction of sp³-hybridized carbons (Fsp3) is 0.444. The molecule has 0 spiro atoms. The summed E-state index contributed by atoms with van der Waals surface area (Å²) in [5, 5.41) is 5.92. The van der Waals surface area contributed by atoms with Gasteiger partial charge in [0.2, 0.25) is 0 Å². The predicted molar refractivity (Wildman–Crippen MR) is 106 cm³/mol. The molecule has 1 aliphatic heterocycles. The molecule has 0 saturated carbocycles. The fourth-order valence-electron chi connectivity index (χ4n) is 3.85. The lowest BCUT2D eigenvalue weighted by Crippen LogP contribution is -2.43. The summed E-state index contributed by atoms with van der Waals surface area (Å²) in [6, 6.07) is 3.53. The van der Waals surface area contributed by atoms with E-state index in [9.17, 15) is 13.2 Å². The first-order chi connectivity index (χ1) is 13.8. The molecular weight excluding hydrogens is 400 g/mol. The number of benzene rings is 1. The highest BCUT2D eigenvalue weighted by molar-refractivity contribution is 7.86. The van der Waals surface area contributed by atoms with E-state index in [0.717, 1.165) is 0 Å². The Morgan fingerprint density at radius 3 is 2.48 bits per heavy atom. The number of piperidine rings is 1. The maximum absolute atomic E-state index is 12.5. The number of nitrogens with two attached hydrogens (primary N) is 1. The topological polar surface area (TPSA) is 130 Å². The molecule has 4 rings (SSSR count). The van der Waals surface area contributed by atoms with Gasteiger partial charge >= 0.3 is 5.76 Å². The molecule has 0 atom stereocenters. The highest BCUT2D eigenvalue weighted by Crippen LogP contribution is 2.34. The van der Waals surface area contributed by atoms with Gasteiger partial charge in [0.05, 0.1) is 25.9 Å². The van der Waals surface area contributed by atoms with Crippen molar-refractivity contribution in [2.45, 2.75) is 19.4 Å². The number of pyridine rings is 1. The van der Waals surface area contributed by atoms with Gasteiger partial charge in [-0.1, -0.05) is 0 Å². The molecule has 156 valence electrons. The molecule has 11 heteroatoms. The summed E-state index contributed by atoms with van der Waals surface area (Å²) in [5.74, 6) is 0.711. The van der Waals surface area contributed by atoms with E-state index in [1.54, 1.807) is 30.9 Å². The number of nitrogens with zero attached hydrogens (tertiary/aromatic N) is 3. The Balaban J connectivity index is 1.74. The summed E-state index contributed by atoms with van der Waals surface area (Å²) in [6.45, 7) is 1.08. The van der Waals surface area contributed by atoms with Gasteiger partial charge in [-0.3, -0.25) is 9.55 Å².